The highest BCUT2D eigenvalue weighted by molar-refractivity contribution is 5.22. The first-order chi connectivity index (χ1) is 5.63. The second-order valence-corrected chi connectivity index (χ2v) is 2.72. The minimum absolute atomic E-state index is 0.123. The Labute approximate surface area is 70.9 Å². The monoisotopic (exact) mass is 164 g/mol. The van der Waals surface area contributed by atoms with E-state index in [-0.39, 0.29) is 11.6 Å². The van der Waals surface area contributed by atoms with E-state index in [2.05, 4.69) is 11.6 Å². The van der Waals surface area contributed by atoms with Crippen LogP contribution in [0.5, 0.6) is 0 Å². The molecule has 3 heteroatoms. The van der Waals surface area contributed by atoms with Crippen molar-refractivity contribution in [1.82, 2.24) is 4.98 Å². The second kappa shape index (κ2) is 3.36. The molecule has 64 valence electrons. The van der Waals surface area contributed by atoms with Crippen molar-refractivity contribution in [3.05, 3.63) is 46.4 Å². The third-order valence-electron chi connectivity index (χ3n) is 1.64. The average molecular weight is 164 g/mol. The first-order valence-electron chi connectivity index (χ1n) is 3.72. The Hall–Kier alpha value is -1.35. The fourth-order valence-electron chi connectivity index (χ4n) is 1.04. The Balaban J connectivity index is 3.17. The van der Waals surface area contributed by atoms with Crippen LogP contribution in [0.25, 0.3) is 0 Å². The van der Waals surface area contributed by atoms with Gasteiger partial charge in [-0.15, -0.1) is 6.58 Å². The average Bonchev–Trinajstić information content (AvgIpc) is 2.01. The quantitative estimate of drug-likeness (QED) is 0.637. The molecule has 1 rings (SSSR count). The summed E-state index contributed by atoms with van der Waals surface area (Å²) in [5.74, 6) is 0. The largest absolute Gasteiger partial charge is 0.326 e. The molecule has 0 aromatic carbocycles. The third-order valence-corrected chi connectivity index (χ3v) is 1.64. The molecule has 1 atom stereocenters. The van der Waals surface area contributed by atoms with Gasteiger partial charge >= 0.3 is 0 Å². The van der Waals surface area contributed by atoms with Gasteiger partial charge in [-0.2, -0.15) is 0 Å². The van der Waals surface area contributed by atoms with Gasteiger partial charge in [-0.3, -0.25) is 4.79 Å². The van der Waals surface area contributed by atoms with Crippen LogP contribution in [0.2, 0.25) is 0 Å². The van der Waals surface area contributed by atoms with Crippen LogP contribution in [0.3, 0.4) is 0 Å². The highest BCUT2D eigenvalue weighted by Gasteiger charge is 2.01. The lowest BCUT2D eigenvalue weighted by Gasteiger charge is -2.05. The zero-order valence-corrected chi connectivity index (χ0v) is 7.00. The molecule has 1 aromatic rings. The van der Waals surface area contributed by atoms with Crippen molar-refractivity contribution >= 4 is 0 Å². The Morgan fingerprint density at radius 3 is 2.83 bits per heavy atom. The van der Waals surface area contributed by atoms with Crippen molar-refractivity contribution < 1.29 is 0 Å². The molecule has 0 saturated heterocycles. The number of nitrogens with two attached hydrogens (primary N) is 1. The second-order valence-electron chi connectivity index (χ2n) is 2.72. The molecule has 1 aromatic heterocycles. The van der Waals surface area contributed by atoms with Crippen LogP contribution < -0.4 is 11.3 Å². The Kier molecular flexibility index (Phi) is 2.45. The Bertz CT molecular complexity index is 341. The van der Waals surface area contributed by atoms with E-state index in [4.69, 9.17) is 5.73 Å². The van der Waals surface area contributed by atoms with Gasteiger partial charge in [0.25, 0.3) is 0 Å². The predicted molar refractivity (Wildman–Crippen MR) is 48.9 cm³/mol. The lowest BCUT2D eigenvalue weighted by Crippen LogP contribution is -2.13. The molecule has 0 aliphatic rings. The lowest BCUT2D eigenvalue weighted by atomic mass is 10.1. The van der Waals surface area contributed by atoms with Gasteiger partial charge in [0, 0.05) is 17.8 Å². The molecule has 0 spiro atoms. The van der Waals surface area contributed by atoms with Crippen molar-refractivity contribution in [3.63, 3.8) is 0 Å². The molecule has 0 bridgehead atoms. The summed E-state index contributed by atoms with van der Waals surface area (Å²) < 4.78 is 0. The number of rotatable bonds is 2. The van der Waals surface area contributed by atoms with Crippen LogP contribution in [0.4, 0.5) is 0 Å². The van der Waals surface area contributed by atoms with E-state index >= 15 is 0 Å². The zero-order chi connectivity index (χ0) is 9.14. The van der Waals surface area contributed by atoms with Gasteiger partial charge in [-0.1, -0.05) is 6.08 Å². The van der Waals surface area contributed by atoms with Gasteiger partial charge in [-0.05, 0) is 18.6 Å². The van der Waals surface area contributed by atoms with Crippen LogP contribution >= 0.6 is 0 Å². The Morgan fingerprint density at radius 2 is 2.33 bits per heavy atom. The maximum atomic E-state index is 11.0. The molecule has 0 unspecified atom stereocenters. The Morgan fingerprint density at radius 1 is 1.67 bits per heavy atom. The number of nitrogens with one attached hydrogen (secondary N) is 1. The fraction of sp³-hybridized carbons (Fsp3) is 0.222. The highest BCUT2D eigenvalue weighted by atomic mass is 16.1. The summed E-state index contributed by atoms with van der Waals surface area (Å²) in [6.45, 7) is 5.38. The molecule has 0 amide bonds. The lowest BCUT2D eigenvalue weighted by molar-refractivity contribution is 0.899. The minimum Gasteiger partial charge on any atom is -0.326 e. The van der Waals surface area contributed by atoms with E-state index in [1.807, 2.05) is 13.0 Å². The summed E-state index contributed by atoms with van der Waals surface area (Å²) in [5.41, 5.74) is 7.15. The van der Waals surface area contributed by atoms with Crippen molar-refractivity contribution in [2.45, 2.75) is 13.0 Å². The summed E-state index contributed by atoms with van der Waals surface area (Å²) in [7, 11) is 0. The normalized spacial score (nSPS) is 12.5. The van der Waals surface area contributed by atoms with Crippen LogP contribution in [0.1, 0.15) is 17.3 Å². The van der Waals surface area contributed by atoms with E-state index in [0.717, 1.165) is 11.3 Å². The first kappa shape index (κ1) is 8.74. The number of aromatic nitrogens is 1. The van der Waals surface area contributed by atoms with Crippen molar-refractivity contribution in [3.8, 4) is 0 Å². The molecular weight excluding hydrogens is 152 g/mol. The molecular formula is C9H12N2O. The highest BCUT2D eigenvalue weighted by Crippen LogP contribution is 2.08. The van der Waals surface area contributed by atoms with Crippen molar-refractivity contribution in [1.29, 1.82) is 0 Å². The van der Waals surface area contributed by atoms with E-state index in [0.29, 0.717) is 0 Å². The first-order valence-corrected chi connectivity index (χ1v) is 3.72. The summed E-state index contributed by atoms with van der Waals surface area (Å²) in [6.07, 6.45) is 1.61. The molecule has 12 heavy (non-hydrogen) atoms. The molecule has 3 N–H and O–H groups in total. The van der Waals surface area contributed by atoms with Gasteiger partial charge in [-0.25, -0.2) is 0 Å². The van der Waals surface area contributed by atoms with E-state index in [9.17, 15) is 4.79 Å². The summed E-state index contributed by atoms with van der Waals surface area (Å²) in [6, 6.07) is 3.07. The van der Waals surface area contributed by atoms with Crippen molar-refractivity contribution in [2.75, 3.05) is 0 Å². The van der Waals surface area contributed by atoms with Gasteiger partial charge < -0.3 is 10.7 Å². The smallest absolute Gasteiger partial charge is 0.248 e. The maximum absolute atomic E-state index is 11.0. The van der Waals surface area contributed by atoms with Gasteiger partial charge in [0.2, 0.25) is 5.56 Å². The molecule has 0 saturated carbocycles. The minimum atomic E-state index is -0.258. The number of aromatic amines is 1. The SMILES string of the molecule is C=C[C@@H](N)c1cc(C)[nH]c(=O)c1. The molecule has 0 aliphatic carbocycles. The molecule has 0 fully saturated rings. The topological polar surface area (TPSA) is 58.9 Å². The van der Waals surface area contributed by atoms with Crippen LogP contribution in [0, 0.1) is 6.92 Å². The molecule has 3 nitrogen and oxygen atoms in total. The number of pyridine rings is 1. The fourth-order valence-corrected chi connectivity index (χ4v) is 1.04. The van der Waals surface area contributed by atoms with E-state index in [1.54, 1.807) is 6.08 Å². The third kappa shape index (κ3) is 1.83. The van der Waals surface area contributed by atoms with Gasteiger partial charge in [0.05, 0.1) is 0 Å². The van der Waals surface area contributed by atoms with Crippen LogP contribution in [0.15, 0.2) is 29.6 Å². The van der Waals surface area contributed by atoms with Gasteiger partial charge in [0.15, 0.2) is 0 Å². The predicted octanol–water partition coefficient (Wildman–Crippen LogP) is 0.869. The number of hydrogen-bond donors (Lipinski definition) is 2. The molecule has 0 aliphatic heterocycles. The van der Waals surface area contributed by atoms with E-state index in [1.165, 1.54) is 6.07 Å². The summed E-state index contributed by atoms with van der Waals surface area (Å²) in [5, 5.41) is 0. The molecule has 0 radical (unpaired) electrons. The number of aryl methyl sites for hydroxylation is 1. The van der Waals surface area contributed by atoms with Crippen LogP contribution in [-0.2, 0) is 0 Å². The number of hydrogen-bond acceptors (Lipinski definition) is 2. The summed E-state index contributed by atoms with van der Waals surface area (Å²) >= 11 is 0. The summed E-state index contributed by atoms with van der Waals surface area (Å²) in [4.78, 5) is 13.6. The van der Waals surface area contributed by atoms with Crippen LogP contribution in [-0.4, -0.2) is 4.98 Å². The number of H-pyrrole nitrogens is 1. The van der Waals surface area contributed by atoms with E-state index < -0.39 is 0 Å². The maximum Gasteiger partial charge on any atom is 0.248 e. The zero-order valence-electron chi connectivity index (χ0n) is 7.00. The van der Waals surface area contributed by atoms with Crippen molar-refractivity contribution in [2.24, 2.45) is 5.73 Å². The van der Waals surface area contributed by atoms with Gasteiger partial charge in [0.1, 0.15) is 0 Å². The standard InChI is InChI=1S/C9H12N2O/c1-3-8(10)7-4-6(2)11-9(12)5-7/h3-5,8H,1,10H2,2H3,(H,11,12)/t8-/m1/s1. The molecule has 1 heterocycles.